The summed E-state index contributed by atoms with van der Waals surface area (Å²) in [5, 5.41) is 9.56. The van der Waals surface area contributed by atoms with E-state index in [0.717, 1.165) is 24.2 Å². The summed E-state index contributed by atoms with van der Waals surface area (Å²) >= 11 is 6.14. The summed E-state index contributed by atoms with van der Waals surface area (Å²) in [7, 11) is 1.99. The molecule has 0 fully saturated rings. The van der Waals surface area contributed by atoms with Crippen molar-refractivity contribution in [2.45, 2.75) is 13.0 Å². The summed E-state index contributed by atoms with van der Waals surface area (Å²) in [5.41, 5.74) is 2.99. The second-order valence-corrected chi connectivity index (χ2v) is 5.52. The Bertz CT molecular complexity index is 752. The number of halogens is 2. The first-order chi connectivity index (χ1) is 10.1. The molecule has 3 nitrogen and oxygen atoms in total. The molecule has 0 atom stereocenters. The fraction of sp³-hybridized carbons (Fsp3) is 0.250. The van der Waals surface area contributed by atoms with Gasteiger partial charge in [-0.25, -0.2) is 9.37 Å². The number of hydrogen-bond acceptors (Lipinski definition) is 3. The van der Waals surface area contributed by atoms with Gasteiger partial charge in [0.15, 0.2) is 0 Å². The second kappa shape index (κ2) is 5.44. The van der Waals surface area contributed by atoms with Crippen LogP contribution in [0.2, 0.25) is 5.15 Å². The zero-order valence-electron chi connectivity index (χ0n) is 11.5. The third-order valence-corrected chi connectivity index (χ3v) is 4.03. The average Bonchev–Trinajstić information content (AvgIpc) is 2.47. The number of likely N-dealkylation sites (N-methyl/N-ethyl adjacent to an activating group) is 1. The number of benzene rings is 1. The van der Waals surface area contributed by atoms with Crippen LogP contribution in [0.4, 0.5) is 4.39 Å². The molecule has 21 heavy (non-hydrogen) atoms. The lowest BCUT2D eigenvalue weighted by molar-refractivity contribution is 0.310. The Labute approximate surface area is 127 Å². The number of nitrogens with zero attached hydrogens (tertiary/aromatic N) is 3. The van der Waals surface area contributed by atoms with E-state index in [-0.39, 0.29) is 16.5 Å². The molecular formula is C16H13ClFN3. The molecule has 2 aromatic rings. The van der Waals surface area contributed by atoms with Crippen molar-refractivity contribution in [2.24, 2.45) is 0 Å². The smallest absolute Gasteiger partial charge is 0.147 e. The Morgan fingerprint density at radius 3 is 2.86 bits per heavy atom. The summed E-state index contributed by atoms with van der Waals surface area (Å²) in [6.45, 7) is 1.51. The van der Waals surface area contributed by atoms with Gasteiger partial charge in [0.05, 0.1) is 5.56 Å². The lowest BCUT2D eigenvalue weighted by Gasteiger charge is -2.27. The van der Waals surface area contributed by atoms with Gasteiger partial charge in [0, 0.05) is 36.3 Å². The standard InChI is InChI=1S/C16H13ClFN3/c1-21-7-6-14-12(9-21)15(11(8-19)16(17)20-14)10-4-2-3-5-13(10)18/h2-5H,6-7,9H2,1H3. The van der Waals surface area contributed by atoms with Crippen LogP contribution >= 0.6 is 11.6 Å². The minimum absolute atomic E-state index is 0.152. The number of pyridine rings is 1. The van der Waals surface area contributed by atoms with Crippen LogP contribution in [0.3, 0.4) is 0 Å². The molecule has 0 saturated carbocycles. The third-order valence-electron chi connectivity index (χ3n) is 3.75. The number of fused-ring (bicyclic) bond motifs is 1. The quantitative estimate of drug-likeness (QED) is 0.758. The molecule has 0 aliphatic carbocycles. The van der Waals surface area contributed by atoms with Crippen molar-refractivity contribution < 1.29 is 4.39 Å². The first-order valence-corrected chi connectivity index (χ1v) is 7.04. The molecule has 0 unspecified atom stereocenters. The Morgan fingerprint density at radius 2 is 2.14 bits per heavy atom. The topological polar surface area (TPSA) is 39.9 Å². The highest BCUT2D eigenvalue weighted by atomic mass is 35.5. The van der Waals surface area contributed by atoms with Crippen molar-refractivity contribution in [3.05, 3.63) is 52.1 Å². The van der Waals surface area contributed by atoms with Crippen LogP contribution in [0.15, 0.2) is 24.3 Å². The molecule has 5 heteroatoms. The van der Waals surface area contributed by atoms with Gasteiger partial charge in [-0.1, -0.05) is 29.8 Å². The average molecular weight is 302 g/mol. The summed E-state index contributed by atoms with van der Waals surface area (Å²) in [4.78, 5) is 6.46. The van der Waals surface area contributed by atoms with Gasteiger partial charge in [-0.2, -0.15) is 5.26 Å². The van der Waals surface area contributed by atoms with Crippen LogP contribution in [0, 0.1) is 17.1 Å². The number of hydrogen-bond donors (Lipinski definition) is 0. The summed E-state index contributed by atoms with van der Waals surface area (Å²) in [5.74, 6) is -0.355. The Hall–Kier alpha value is -1.96. The molecule has 1 aliphatic heterocycles. The van der Waals surface area contributed by atoms with Gasteiger partial charge < -0.3 is 4.90 Å². The van der Waals surface area contributed by atoms with Crippen LogP contribution in [0.1, 0.15) is 16.8 Å². The summed E-state index contributed by atoms with van der Waals surface area (Å²) in [6, 6.07) is 8.53. The fourth-order valence-corrected chi connectivity index (χ4v) is 2.97. The van der Waals surface area contributed by atoms with Gasteiger partial charge in [0.25, 0.3) is 0 Å². The van der Waals surface area contributed by atoms with Crippen molar-refractivity contribution >= 4 is 11.6 Å². The van der Waals surface area contributed by atoms with E-state index in [1.54, 1.807) is 18.2 Å². The first kappa shape index (κ1) is 14.0. The number of rotatable bonds is 1. The Kier molecular flexibility index (Phi) is 3.62. The highest BCUT2D eigenvalue weighted by Crippen LogP contribution is 2.36. The van der Waals surface area contributed by atoms with Crippen LogP contribution in [-0.4, -0.2) is 23.5 Å². The Balaban J connectivity index is 2.35. The second-order valence-electron chi connectivity index (χ2n) is 5.16. The van der Waals surface area contributed by atoms with Gasteiger partial charge in [0.2, 0.25) is 0 Å². The SMILES string of the molecule is CN1CCc2nc(Cl)c(C#N)c(-c3ccccc3F)c2C1. The highest BCUT2D eigenvalue weighted by molar-refractivity contribution is 6.31. The summed E-state index contributed by atoms with van der Waals surface area (Å²) in [6.07, 6.45) is 0.749. The molecule has 2 heterocycles. The molecule has 3 rings (SSSR count). The minimum Gasteiger partial charge on any atom is -0.302 e. The van der Waals surface area contributed by atoms with Crippen LogP contribution < -0.4 is 0 Å². The monoisotopic (exact) mass is 301 g/mol. The van der Waals surface area contributed by atoms with E-state index < -0.39 is 0 Å². The maximum atomic E-state index is 14.2. The number of aromatic nitrogens is 1. The van der Waals surface area contributed by atoms with Crippen molar-refractivity contribution in [3.8, 4) is 17.2 Å². The van der Waals surface area contributed by atoms with Gasteiger partial charge in [0.1, 0.15) is 17.0 Å². The first-order valence-electron chi connectivity index (χ1n) is 6.66. The van der Waals surface area contributed by atoms with Crippen LogP contribution in [0.5, 0.6) is 0 Å². The van der Waals surface area contributed by atoms with E-state index in [9.17, 15) is 9.65 Å². The minimum atomic E-state index is -0.355. The van der Waals surface area contributed by atoms with Gasteiger partial charge >= 0.3 is 0 Å². The zero-order valence-corrected chi connectivity index (χ0v) is 12.3. The molecule has 0 N–H and O–H groups in total. The van der Waals surface area contributed by atoms with E-state index in [4.69, 9.17) is 11.6 Å². The summed E-state index contributed by atoms with van der Waals surface area (Å²) < 4.78 is 14.2. The van der Waals surface area contributed by atoms with E-state index in [2.05, 4.69) is 16.0 Å². The highest BCUT2D eigenvalue weighted by Gasteiger charge is 2.25. The van der Waals surface area contributed by atoms with E-state index in [1.807, 2.05) is 7.05 Å². The molecule has 1 aromatic carbocycles. The lowest BCUT2D eigenvalue weighted by Crippen LogP contribution is -2.28. The lowest BCUT2D eigenvalue weighted by atomic mass is 9.91. The molecule has 0 spiro atoms. The predicted molar refractivity (Wildman–Crippen MR) is 79.4 cm³/mol. The predicted octanol–water partition coefficient (Wildman–Crippen LogP) is 3.40. The molecule has 1 aliphatic rings. The van der Waals surface area contributed by atoms with Crippen LogP contribution in [0.25, 0.3) is 11.1 Å². The third kappa shape index (κ3) is 2.39. The van der Waals surface area contributed by atoms with Crippen molar-refractivity contribution in [3.63, 3.8) is 0 Å². The van der Waals surface area contributed by atoms with E-state index in [1.165, 1.54) is 6.07 Å². The molecule has 0 radical (unpaired) electrons. The molecule has 0 amide bonds. The molecule has 0 bridgehead atoms. The van der Waals surface area contributed by atoms with Crippen molar-refractivity contribution in [2.75, 3.05) is 13.6 Å². The molecule has 106 valence electrons. The molecule has 0 saturated heterocycles. The van der Waals surface area contributed by atoms with Gasteiger partial charge in [-0.05, 0) is 18.7 Å². The number of nitriles is 1. The van der Waals surface area contributed by atoms with E-state index in [0.29, 0.717) is 17.7 Å². The van der Waals surface area contributed by atoms with Gasteiger partial charge in [-0.15, -0.1) is 0 Å². The fourth-order valence-electron chi connectivity index (χ4n) is 2.73. The maximum Gasteiger partial charge on any atom is 0.147 e. The van der Waals surface area contributed by atoms with Crippen molar-refractivity contribution in [1.29, 1.82) is 5.26 Å². The molecular weight excluding hydrogens is 289 g/mol. The largest absolute Gasteiger partial charge is 0.302 e. The zero-order chi connectivity index (χ0) is 15.0. The van der Waals surface area contributed by atoms with Crippen molar-refractivity contribution in [1.82, 2.24) is 9.88 Å². The van der Waals surface area contributed by atoms with Gasteiger partial charge in [-0.3, -0.25) is 0 Å². The normalized spacial score (nSPS) is 14.6. The van der Waals surface area contributed by atoms with Crippen LogP contribution in [-0.2, 0) is 13.0 Å². The maximum absolute atomic E-state index is 14.2. The molecule has 1 aromatic heterocycles. The van der Waals surface area contributed by atoms with E-state index >= 15 is 0 Å². The Morgan fingerprint density at radius 1 is 1.38 bits per heavy atom.